The normalized spacial score (nSPS) is 11.1. The van der Waals surface area contributed by atoms with E-state index < -0.39 is 5.97 Å². The van der Waals surface area contributed by atoms with Gasteiger partial charge < -0.3 is 5.11 Å². The number of benzene rings is 2. The third-order valence-electron chi connectivity index (χ3n) is 3.23. The third-order valence-corrected chi connectivity index (χ3v) is 3.54. The van der Waals surface area contributed by atoms with Gasteiger partial charge in [-0.25, -0.2) is 4.79 Å². The summed E-state index contributed by atoms with van der Waals surface area (Å²) in [5.41, 5.74) is 1.56. The molecule has 3 aromatic rings. The van der Waals surface area contributed by atoms with Crippen LogP contribution in [0, 0.1) is 6.92 Å². The maximum absolute atomic E-state index is 11.4. The van der Waals surface area contributed by atoms with Crippen molar-refractivity contribution in [3.63, 3.8) is 0 Å². The molecule has 0 saturated carbocycles. The summed E-state index contributed by atoms with van der Waals surface area (Å²) in [6.45, 7) is 1.74. The summed E-state index contributed by atoms with van der Waals surface area (Å²) in [4.78, 5) is 15.8. The van der Waals surface area contributed by atoms with Crippen LogP contribution >= 0.6 is 11.6 Å². The molecule has 1 heterocycles. The Hall–Kier alpha value is -2.13. The highest BCUT2D eigenvalue weighted by atomic mass is 35.5. The zero-order chi connectivity index (χ0) is 13.6. The lowest BCUT2D eigenvalue weighted by atomic mass is 10.00. The van der Waals surface area contributed by atoms with Crippen LogP contribution in [0.5, 0.6) is 0 Å². The number of aromatic carboxylic acids is 1. The molecule has 0 bridgehead atoms. The van der Waals surface area contributed by atoms with Crippen LogP contribution in [0.3, 0.4) is 0 Å². The van der Waals surface area contributed by atoms with E-state index in [-0.39, 0.29) is 5.56 Å². The van der Waals surface area contributed by atoms with Gasteiger partial charge in [0.05, 0.1) is 11.1 Å². The van der Waals surface area contributed by atoms with Gasteiger partial charge in [0.2, 0.25) is 0 Å². The first kappa shape index (κ1) is 11.9. The number of halogens is 1. The van der Waals surface area contributed by atoms with E-state index in [4.69, 9.17) is 11.6 Å². The Balaban J connectivity index is 2.60. The maximum atomic E-state index is 11.4. The Bertz CT molecular complexity index is 827. The first-order chi connectivity index (χ1) is 9.09. The van der Waals surface area contributed by atoms with Gasteiger partial charge in [0.25, 0.3) is 0 Å². The summed E-state index contributed by atoms with van der Waals surface area (Å²) in [5, 5.41) is 12.2. The summed E-state index contributed by atoms with van der Waals surface area (Å²) in [6, 6.07) is 9.27. The predicted molar refractivity (Wildman–Crippen MR) is 76.0 cm³/mol. The molecular weight excluding hydrogens is 262 g/mol. The smallest absolute Gasteiger partial charge is 0.336 e. The molecule has 0 aliphatic rings. The Morgan fingerprint density at radius 2 is 1.89 bits per heavy atom. The number of aryl methyl sites for hydroxylation is 1. The van der Waals surface area contributed by atoms with Crippen molar-refractivity contribution in [3.05, 3.63) is 52.7 Å². The van der Waals surface area contributed by atoms with Gasteiger partial charge >= 0.3 is 5.97 Å². The second-order valence-electron chi connectivity index (χ2n) is 4.42. The van der Waals surface area contributed by atoms with Gasteiger partial charge in [0, 0.05) is 27.4 Å². The first-order valence-corrected chi connectivity index (χ1v) is 6.17. The van der Waals surface area contributed by atoms with Gasteiger partial charge in [-0.2, -0.15) is 0 Å². The van der Waals surface area contributed by atoms with E-state index in [9.17, 15) is 9.90 Å². The number of fused-ring (bicyclic) bond motifs is 3. The van der Waals surface area contributed by atoms with Gasteiger partial charge in [0.15, 0.2) is 0 Å². The van der Waals surface area contributed by atoms with Crippen LogP contribution in [0.4, 0.5) is 0 Å². The molecule has 2 aromatic carbocycles. The first-order valence-electron chi connectivity index (χ1n) is 5.79. The zero-order valence-electron chi connectivity index (χ0n) is 10.1. The van der Waals surface area contributed by atoms with Crippen molar-refractivity contribution in [1.29, 1.82) is 0 Å². The number of carboxylic acid groups (broad SMARTS) is 1. The molecule has 0 radical (unpaired) electrons. The number of aromatic nitrogens is 1. The summed E-state index contributed by atoms with van der Waals surface area (Å²) < 4.78 is 0. The molecular formula is C15H10ClNO2. The molecule has 0 atom stereocenters. The summed E-state index contributed by atoms with van der Waals surface area (Å²) in [5.74, 6) is -0.962. The lowest BCUT2D eigenvalue weighted by Gasteiger charge is -2.09. The van der Waals surface area contributed by atoms with Crippen LogP contribution in [-0.4, -0.2) is 16.1 Å². The van der Waals surface area contributed by atoms with Crippen LogP contribution in [0.15, 0.2) is 36.5 Å². The maximum Gasteiger partial charge on any atom is 0.336 e. The standard InChI is InChI=1S/C15H10ClNO2/c1-8-7-17-14-10-5-3-2-4-9(10)12(16)6-11(14)13(8)15(18)19/h2-7H,1H3,(H,18,19). The molecule has 4 heteroatoms. The SMILES string of the molecule is Cc1cnc2c(cc(Cl)c3ccccc32)c1C(=O)O. The van der Waals surface area contributed by atoms with Crippen LogP contribution in [-0.2, 0) is 0 Å². The van der Waals surface area contributed by atoms with E-state index in [1.54, 1.807) is 19.2 Å². The van der Waals surface area contributed by atoms with Crippen LogP contribution in [0.1, 0.15) is 15.9 Å². The molecule has 0 saturated heterocycles. The molecule has 3 rings (SSSR count). The van der Waals surface area contributed by atoms with Crippen LogP contribution in [0.2, 0.25) is 5.02 Å². The quantitative estimate of drug-likeness (QED) is 0.679. The minimum Gasteiger partial charge on any atom is -0.478 e. The van der Waals surface area contributed by atoms with Crippen molar-refractivity contribution in [2.45, 2.75) is 6.92 Å². The van der Waals surface area contributed by atoms with Crippen LogP contribution in [0.25, 0.3) is 21.7 Å². The molecule has 0 amide bonds. The Kier molecular flexibility index (Phi) is 2.64. The molecule has 0 aliphatic carbocycles. The average Bonchev–Trinajstić information content (AvgIpc) is 2.38. The lowest BCUT2D eigenvalue weighted by molar-refractivity contribution is 0.0698. The fourth-order valence-corrected chi connectivity index (χ4v) is 2.64. The Labute approximate surface area is 114 Å². The molecule has 0 fully saturated rings. The number of carbonyl (C=O) groups is 1. The molecule has 94 valence electrons. The largest absolute Gasteiger partial charge is 0.478 e. The van der Waals surface area contributed by atoms with E-state index in [0.29, 0.717) is 21.5 Å². The monoisotopic (exact) mass is 271 g/mol. The van der Waals surface area contributed by atoms with Crippen molar-refractivity contribution in [3.8, 4) is 0 Å². The Morgan fingerprint density at radius 1 is 1.21 bits per heavy atom. The summed E-state index contributed by atoms with van der Waals surface area (Å²) >= 11 is 6.24. The van der Waals surface area contributed by atoms with Crippen molar-refractivity contribution in [1.82, 2.24) is 4.98 Å². The number of pyridine rings is 1. The van der Waals surface area contributed by atoms with E-state index in [0.717, 1.165) is 10.8 Å². The van der Waals surface area contributed by atoms with E-state index in [1.807, 2.05) is 24.3 Å². The third kappa shape index (κ3) is 1.74. The van der Waals surface area contributed by atoms with Crippen molar-refractivity contribution in [2.24, 2.45) is 0 Å². The van der Waals surface area contributed by atoms with Crippen LogP contribution < -0.4 is 0 Å². The minimum atomic E-state index is -0.962. The Morgan fingerprint density at radius 3 is 2.58 bits per heavy atom. The minimum absolute atomic E-state index is 0.262. The second-order valence-corrected chi connectivity index (χ2v) is 4.83. The highest BCUT2D eigenvalue weighted by molar-refractivity contribution is 6.37. The molecule has 0 unspecified atom stereocenters. The van der Waals surface area contributed by atoms with Crippen molar-refractivity contribution < 1.29 is 9.90 Å². The predicted octanol–water partition coefficient (Wildman–Crippen LogP) is 4.05. The highest BCUT2D eigenvalue weighted by Crippen LogP contribution is 2.32. The molecule has 19 heavy (non-hydrogen) atoms. The average molecular weight is 272 g/mol. The number of hydrogen-bond acceptors (Lipinski definition) is 2. The van der Waals surface area contributed by atoms with E-state index in [1.165, 1.54) is 0 Å². The summed E-state index contributed by atoms with van der Waals surface area (Å²) in [6.07, 6.45) is 1.59. The topological polar surface area (TPSA) is 50.2 Å². The highest BCUT2D eigenvalue weighted by Gasteiger charge is 2.15. The van der Waals surface area contributed by atoms with Gasteiger partial charge in [-0.15, -0.1) is 0 Å². The van der Waals surface area contributed by atoms with Crippen molar-refractivity contribution >= 4 is 39.2 Å². The summed E-state index contributed by atoms with van der Waals surface area (Å²) in [7, 11) is 0. The second kappa shape index (κ2) is 4.21. The van der Waals surface area contributed by atoms with Gasteiger partial charge in [-0.1, -0.05) is 35.9 Å². The molecule has 1 N–H and O–H groups in total. The van der Waals surface area contributed by atoms with Crippen molar-refractivity contribution in [2.75, 3.05) is 0 Å². The number of nitrogens with zero attached hydrogens (tertiary/aromatic N) is 1. The fourth-order valence-electron chi connectivity index (χ4n) is 2.37. The molecule has 0 aliphatic heterocycles. The molecule has 3 nitrogen and oxygen atoms in total. The van der Waals surface area contributed by atoms with Gasteiger partial charge in [-0.05, 0) is 18.6 Å². The fraction of sp³-hybridized carbons (Fsp3) is 0.0667. The lowest BCUT2D eigenvalue weighted by Crippen LogP contribution is -2.02. The van der Waals surface area contributed by atoms with E-state index >= 15 is 0 Å². The van der Waals surface area contributed by atoms with Gasteiger partial charge in [-0.3, -0.25) is 4.98 Å². The number of hydrogen-bond donors (Lipinski definition) is 1. The number of rotatable bonds is 1. The number of carboxylic acids is 1. The van der Waals surface area contributed by atoms with Gasteiger partial charge in [0.1, 0.15) is 0 Å². The zero-order valence-corrected chi connectivity index (χ0v) is 10.9. The van der Waals surface area contributed by atoms with E-state index in [2.05, 4.69) is 4.98 Å². The molecule has 1 aromatic heterocycles. The molecule has 0 spiro atoms.